The van der Waals surface area contributed by atoms with Gasteiger partial charge in [0.15, 0.2) is 0 Å². The van der Waals surface area contributed by atoms with Gasteiger partial charge in [0.05, 0.1) is 17.6 Å². The molecule has 0 aliphatic heterocycles. The number of hydrogen-bond donors (Lipinski definition) is 1. The van der Waals surface area contributed by atoms with Gasteiger partial charge < -0.3 is 10.1 Å². The van der Waals surface area contributed by atoms with Gasteiger partial charge in [0.1, 0.15) is 5.75 Å². The summed E-state index contributed by atoms with van der Waals surface area (Å²) in [5.41, 5.74) is 0.571. The van der Waals surface area contributed by atoms with Crippen molar-refractivity contribution in [1.29, 1.82) is 0 Å². The molecule has 0 spiro atoms. The van der Waals surface area contributed by atoms with Crippen molar-refractivity contribution < 1.29 is 9.66 Å². The zero-order valence-electron chi connectivity index (χ0n) is 9.97. The zero-order chi connectivity index (χ0) is 12.7. The van der Waals surface area contributed by atoms with E-state index in [4.69, 9.17) is 4.74 Å². The lowest BCUT2D eigenvalue weighted by molar-refractivity contribution is -0.385. The molecule has 5 heteroatoms. The van der Waals surface area contributed by atoms with Gasteiger partial charge in [-0.1, -0.05) is 12.1 Å². The highest BCUT2D eigenvalue weighted by atomic mass is 16.6. The van der Waals surface area contributed by atoms with E-state index in [1.54, 1.807) is 18.2 Å². The Kier molecular flexibility index (Phi) is 5.16. The van der Waals surface area contributed by atoms with E-state index in [9.17, 15) is 10.1 Å². The fourth-order valence-electron chi connectivity index (χ4n) is 1.47. The number of nitrogens with one attached hydrogen (secondary N) is 1. The van der Waals surface area contributed by atoms with E-state index < -0.39 is 4.92 Å². The van der Waals surface area contributed by atoms with Crippen LogP contribution in [0.15, 0.2) is 24.3 Å². The van der Waals surface area contributed by atoms with Gasteiger partial charge in [0, 0.05) is 6.07 Å². The summed E-state index contributed by atoms with van der Waals surface area (Å²) in [4.78, 5) is 10.5. The summed E-state index contributed by atoms with van der Waals surface area (Å²) in [6.45, 7) is 0.833. The molecule has 5 nitrogen and oxygen atoms in total. The maximum Gasteiger partial charge on any atom is 0.280 e. The van der Waals surface area contributed by atoms with Crippen molar-refractivity contribution in [2.24, 2.45) is 0 Å². The lowest BCUT2D eigenvalue weighted by Gasteiger charge is -2.04. The Morgan fingerprint density at radius 3 is 2.88 bits per heavy atom. The molecule has 1 rings (SSSR count). The molecule has 0 saturated heterocycles. The van der Waals surface area contributed by atoms with Crippen LogP contribution in [0, 0.1) is 10.1 Å². The summed E-state index contributed by atoms with van der Waals surface area (Å²) < 4.78 is 5.12. The van der Waals surface area contributed by atoms with Gasteiger partial charge in [0.2, 0.25) is 0 Å². The van der Waals surface area contributed by atoms with Gasteiger partial charge in [-0.3, -0.25) is 10.1 Å². The monoisotopic (exact) mass is 236 g/mol. The number of benzene rings is 1. The van der Waals surface area contributed by atoms with Crippen LogP contribution in [0.1, 0.15) is 12.0 Å². The molecule has 0 atom stereocenters. The Balaban J connectivity index is 3.01. The Morgan fingerprint density at radius 1 is 1.53 bits per heavy atom. The number of rotatable bonds is 6. The molecule has 0 aromatic heterocycles. The molecule has 92 valence electrons. The molecule has 0 radical (unpaired) electrons. The van der Waals surface area contributed by atoms with Crippen molar-refractivity contribution in [3.8, 4) is 5.75 Å². The average Bonchev–Trinajstić information content (AvgIpc) is 2.34. The highest BCUT2D eigenvalue weighted by Crippen LogP contribution is 2.29. The van der Waals surface area contributed by atoms with Crippen molar-refractivity contribution in [2.45, 2.75) is 6.42 Å². The van der Waals surface area contributed by atoms with Gasteiger partial charge in [-0.2, -0.15) is 0 Å². The van der Waals surface area contributed by atoms with E-state index >= 15 is 0 Å². The predicted octanol–water partition coefficient (Wildman–Crippen LogP) is 2.23. The third kappa shape index (κ3) is 3.57. The fourth-order valence-corrected chi connectivity index (χ4v) is 1.47. The van der Waals surface area contributed by atoms with Gasteiger partial charge in [-0.15, -0.1) is 0 Å². The summed E-state index contributed by atoms with van der Waals surface area (Å²) in [6, 6.07) is 4.80. The molecule has 1 aromatic carbocycles. The van der Waals surface area contributed by atoms with Crippen LogP contribution in [-0.4, -0.2) is 25.6 Å². The largest absolute Gasteiger partial charge is 0.496 e. The second kappa shape index (κ2) is 6.65. The minimum atomic E-state index is -0.403. The second-order valence-electron chi connectivity index (χ2n) is 3.44. The van der Waals surface area contributed by atoms with E-state index in [2.05, 4.69) is 5.32 Å². The van der Waals surface area contributed by atoms with Crippen LogP contribution in [-0.2, 0) is 0 Å². The summed E-state index contributed by atoms with van der Waals surface area (Å²) in [5.74, 6) is 0.514. The van der Waals surface area contributed by atoms with Crippen LogP contribution in [0.2, 0.25) is 0 Å². The Hall–Kier alpha value is -1.88. The SMILES string of the molecule is CNCCC=Cc1c(OC)cccc1[N+](=O)[O-]. The van der Waals surface area contributed by atoms with Crippen LogP contribution in [0.3, 0.4) is 0 Å². The van der Waals surface area contributed by atoms with E-state index in [-0.39, 0.29) is 5.69 Å². The average molecular weight is 236 g/mol. The highest BCUT2D eigenvalue weighted by molar-refractivity contribution is 5.67. The Labute approximate surface area is 100 Å². The summed E-state index contributed by atoms with van der Waals surface area (Å²) in [5, 5.41) is 13.9. The maximum atomic E-state index is 10.9. The Bertz CT molecular complexity index is 416. The molecule has 1 N–H and O–H groups in total. The molecule has 17 heavy (non-hydrogen) atoms. The lowest BCUT2D eigenvalue weighted by Crippen LogP contribution is -2.05. The second-order valence-corrected chi connectivity index (χ2v) is 3.44. The van der Waals surface area contributed by atoms with E-state index in [1.807, 2.05) is 13.1 Å². The molecule has 0 heterocycles. The number of methoxy groups -OCH3 is 1. The number of nitrogens with zero attached hydrogens (tertiary/aromatic N) is 1. The fraction of sp³-hybridized carbons (Fsp3) is 0.333. The van der Waals surface area contributed by atoms with Crippen molar-refractivity contribution in [3.05, 3.63) is 40.0 Å². The van der Waals surface area contributed by atoms with Crippen LogP contribution >= 0.6 is 0 Å². The van der Waals surface area contributed by atoms with E-state index in [1.165, 1.54) is 13.2 Å². The smallest absolute Gasteiger partial charge is 0.280 e. The van der Waals surface area contributed by atoms with Gasteiger partial charge in [0.25, 0.3) is 5.69 Å². The first-order chi connectivity index (χ1) is 8.20. The molecule has 0 saturated carbocycles. The van der Waals surface area contributed by atoms with Crippen molar-refractivity contribution in [2.75, 3.05) is 20.7 Å². The molecule has 0 bridgehead atoms. The normalized spacial score (nSPS) is 10.7. The molecule has 1 aromatic rings. The standard InChI is InChI=1S/C12H16N2O3/c1-13-9-4-3-6-10-11(14(15)16)7-5-8-12(10)17-2/h3,5-8,13H,4,9H2,1-2H3. The molecule has 0 unspecified atom stereocenters. The Morgan fingerprint density at radius 2 is 2.29 bits per heavy atom. The third-order valence-corrected chi connectivity index (χ3v) is 2.31. The van der Waals surface area contributed by atoms with Crippen LogP contribution in [0.25, 0.3) is 6.08 Å². The van der Waals surface area contributed by atoms with Gasteiger partial charge in [-0.25, -0.2) is 0 Å². The van der Waals surface area contributed by atoms with Crippen molar-refractivity contribution in [1.82, 2.24) is 5.32 Å². The van der Waals surface area contributed by atoms with E-state index in [0.29, 0.717) is 11.3 Å². The molecule has 0 fully saturated rings. The molecule has 0 aliphatic carbocycles. The minimum Gasteiger partial charge on any atom is -0.496 e. The van der Waals surface area contributed by atoms with E-state index in [0.717, 1.165) is 13.0 Å². The number of hydrogen-bond acceptors (Lipinski definition) is 4. The van der Waals surface area contributed by atoms with Crippen LogP contribution in [0.5, 0.6) is 5.75 Å². The molecule has 0 amide bonds. The molecular weight excluding hydrogens is 220 g/mol. The lowest BCUT2D eigenvalue weighted by atomic mass is 10.1. The zero-order valence-corrected chi connectivity index (χ0v) is 9.97. The molecular formula is C12H16N2O3. The number of nitro benzene ring substituents is 1. The first-order valence-electron chi connectivity index (χ1n) is 5.33. The predicted molar refractivity (Wildman–Crippen MR) is 67.2 cm³/mol. The van der Waals surface area contributed by atoms with Crippen LogP contribution < -0.4 is 10.1 Å². The van der Waals surface area contributed by atoms with Gasteiger partial charge >= 0.3 is 0 Å². The highest BCUT2D eigenvalue weighted by Gasteiger charge is 2.15. The quantitative estimate of drug-likeness (QED) is 0.467. The van der Waals surface area contributed by atoms with Gasteiger partial charge in [-0.05, 0) is 32.2 Å². The van der Waals surface area contributed by atoms with Crippen molar-refractivity contribution >= 4 is 11.8 Å². The maximum absolute atomic E-state index is 10.9. The summed E-state index contributed by atoms with van der Waals surface area (Å²) in [7, 11) is 3.36. The number of ether oxygens (including phenoxy) is 1. The summed E-state index contributed by atoms with van der Waals surface area (Å²) in [6.07, 6.45) is 4.43. The third-order valence-electron chi connectivity index (χ3n) is 2.31. The minimum absolute atomic E-state index is 0.0602. The van der Waals surface area contributed by atoms with Crippen molar-refractivity contribution in [3.63, 3.8) is 0 Å². The number of nitro groups is 1. The van der Waals surface area contributed by atoms with Crippen LogP contribution in [0.4, 0.5) is 5.69 Å². The molecule has 0 aliphatic rings. The summed E-state index contributed by atoms with van der Waals surface area (Å²) >= 11 is 0. The first kappa shape index (κ1) is 13.2. The first-order valence-corrected chi connectivity index (χ1v) is 5.33. The topological polar surface area (TPSA) is 64.4 Å².